The molecular weight excluding hydrogens is 376 g/mol. The van der Waals surface area contributed by atoms with Crippen LogP contribution in [-0.4, -0.2) is 47.3 Å². The van der Waals surface area contributed by atoms with Gasteiger partial charge in [-0.25, -0.2) is 4.79 Å². The number of hydrogen-bond donors (Lipinski definition) is 1. The molecule has 4 rings (SSSR count). The van der Waals surface area contributed by atoms with Crippen molar-refractivity contribution in [1.29, 1.82) is 0 Å². The van der Waals surface area contributed by atoms with Crippen LogP contribution in [0.5, 0.6) is 0 Å². The predicted octanol–water partition coefficient (Wildman–Crippen LogP) is 3.96. The Morgan fingerprint density at radius 3 is 2.73 bits per heavy atom. The number of pyridine rings is 1. The van der Waals surface area contributed by atoms with Gasteiger partial charge in [-0.1, -0.05) is 18.2 Å². The van der Waals surface area contributed by atoms with Crippen molar-refractivity contribution < 1.29 is 9.53 Å². The number of nitrogens with zero attached hydrogens (tertiary/aromatic N) is 3. The monoisotopic (exact) mass is 408 g/mol. The van der Waals surface area contributed by atoms with Crippen LogP contribution in [0.15, 0.2) is 36.7 Å². The predicted molar refractivity (Wildman–Crippen MR) is 119 cm³/mol. The van der Waals surface area contributed by atoms with Crippen LogP contribution < -0.4 is 10.6 Å². The molecule has 1 aromatic heterocycles. The summed E-state index contributed by atoms with van der Waals surface area (Å²) in [4.78, 5) is 21.4. The van der Waals surface area contributed by atoms with E-state index in [9.17, 15) is 4.79 Å². The number of hydrogen-bond acceptors (Lipinski definition) is 5. The van der Waals surface area contributed by atoms with Crippen molar-refractivity contribution >= 4 is 11.8 Å². The second-order valence-corrected chi connectivity index (χ2v) is 9.53. The molecule has 0 spiro atoms. The maximum Gasteiger partial charge on any atom is 0.410 e. The van der Waals surface area contributed by atoms with Gasteiger partial charge in [0.2, 0.25) is 0 Å². The van der Waals surface area contributed by atoms with E-state index >= 15 is 0 Å². The third-order valence-corrected chi connectivity index (χ3v) is 6.05. The van der Waals surface area contributed by atoms with Gasteiger partial charge in [0.1, 0.15) is 5.60 Å². The summed E-state index contributed by atoms with van der Waals surface area (Å²) in [6, 6.07) is 8.70. The lowest BCUT2D eigenvalue weighted by molar-refractivity contribution is 0.0233. The minimum atomic E-state index is -0.475. The van der Waals surface area contributed by atoms with Crippen molar-refractivity contribution in [3.05, 3.63) is 47.8 Å². The van der Waals surface area contributed by atoms with E-state index in [4.69, 9.17) is 10.5 Å². The van der Waals surface area contributed by atoms with E-state index in [0.29, 0.717) is 12.5 Å². The van der Waals surface area contributed by atoms with Gasteiger partial charge in [-0.05, 0) is 62.8 Å². The third-order valence-electron chi connectivity index (χ3n) is 6.05. The third kappa shape index (κ3) is 4.15. The first kappa shape index (κ1) is 20.7. The molecule has 2 unspecified atom stereocenters. The Kier molecular flexibility index (Phi) is 5.45. The van der Waals surface area contributed by atoms with E-state index in [2.05, 4.69) is 41.1 Å². The lowest BCUT2D eigenvalue weighted by atomic mass is 9.96. The Labute approximate surface area is 179 Å². The highest BCUT2D eigenvalue weighted by atomic mass is 16.6. The summed E-state index contributed by atoms with van der Waals surface area (Å²) >= 11 is 0. The van der Waals surface area contributed by atoms with E-state index in [0.717, 1.165) is 31.7 Å². The Morgan fingerprint density at radius 1 is 1.23 bits per heavy atom. The molecular formula is C24H32N4O2. The first-order valence-corrected chi connectivity index (χ1v) is 10.7. The molecule has 2 aliphatic heterocycles. The zero-order valence-corrected chi connectivity index (χ0v) is 18.4. The number of rotatable bonds is 3. The Hall–Kier alpha value is -2.60. The quantitative estimate of drug-likeness (QED) is 0.832. The second-order valence-electron chi connectivity index (χ2n) is 9.53. The van der Waals surface area contributed by atoms with Crippen molar-refractivity contribution in [3.8, 4) is 11.1 Å². The fourth-order valence-corrected chi connectivity index (χ4v) is 4.68. The van der Waals surface area contributed by atoms with Crippen LogP contribution in [0, 0.1) is 12.8 Å². The van der Waals surface area contributed by atoms with Gasteiger partial charge in [-0.2, -0.15) is 0 Å². The smallest absolute Gasteiger partial charge is 0.410 e. The van der Waals surface area contributed by atoms with Gasteiger partial charge in [-0.3, -0.25) is 4.98 Å². The van der Waals surface area contributed by atoms with Gasteiger partial charge >= 0.3 is 6.09 Å². The molecule has 0 aliphatic carbocycles. The molecule has 1 amide bonds. The minimum absolute atomic E-state index is 0.174. The number of carbonyl (C=O) groups excluding carboxylic acids is 1. The average molecular weight is 409 g/mol. The molecule has 6 nitrogen and oxygen atoms in total. The zero-order chi connectivity index (χ0) is 21.5. The molecule has 30 heavy (non-hydrogen) atoms. The molecule has 1 aromatic carbocycles. The molecule has 2 aliphatic rings. The van der Waals surface area contributed by atoms with Crippen LogP contribution in [0.3, 0.4) is 0 Å². The average Bonchev–Trinajstić information content (AvgIpc) is 3.00. The number of aryl methyl sites for hydroxylation is 1. The van der Waals surface area contributed by atoms with Crippen LogP contribution in [0.1, 0.15) is 38.3 Å². The molecule has 2 atom stereocenters. The first-order chi connectivity index (χ1) is 14.2. The Morgan fingerprint density at radius 2 is 2.03 bits per heavy atom. The molecule has 0 radical (unpaired) electrons. The number of piperidine rings is 1. The summed E-state index contributed by atoms with van der Waals surface area (Å²) in [6.07, 6.45) is 4.63. The lowest BCUT2D eigenvalue weighted by Crippen LogP contribution is -2.45. The van der Waals surface area contributed by atoms with Crippen molar-refractivity contribution in [2.75, 3.05) is 24.5 Å². The van der Waals surface area contributed by atoms with Crippen LogP contribution in [0.25, 0.3) is 11.1 Å². The second kappa shape index (κ2) is 7.91. The standard InChI is InChI=1S/C24H32N4O2/c1-16-9-18(5-6-19(16)11-25)21-7-8-26-12-22(21)27-13-17-10-20(15-27)28(14-17)23(29)30-24(2,3)4/h5-9,12,17,20H,10-11,13-15,25H2,1-4H3. The van der Waals surface area contributed by atoms with Crippen LogP contribution in [0.4, 0.5) is 10.5 Å². The van der Waals surface area contributed by atoms with Crippen LogP contribution >= 0.6 is 0 Å². The van der Waals surface area contributed by atoms with Gasteiger partial charge in [0.05, 0.1) is 17.9 Å². The Balaban J connectivity index is 1.58. The summed E-state index contributed by atoms with van der Waals surface area (Å²) < 4.78 is 5.64. The number of carbonyl (C=O) groups is 1. The van der Waals surface area contributed by atoms with E-state index in [1.165, 1.54) is 22.3 Å². The molecule has 0 saturated carbocycles. The largest absolute Gasteiger partial charge is 0.444 e. The number of anilines is 1. The lowest BCUT2D eigenvalue weighted by Gasteiger charge is -2.35. The summed E-state index contributed by atoms with van der Waals surface area (Å²) in [5.74, 6) is 0.450. The molecule has 2 N–H and O–H groups in total. The highest BCUT2D eigenvalue weighted by molar-refractivity contribution is 5.79. The minimum Gasteiger partial charge on any atom is -0.444 e. The molecule has 2 saturated heterocycles. The molecule has 3 heterocycles. The highest BCUT2D eigenvalue weighted by Gasteiger charge is 2.42. The normalized spacial score (nSPS) is 21.1. The van der Waals surface area contributed by atoms with Crippen molar-refractivity contribution in [2.45, 2.75) is 52.3 Å². The number of fused-ring (bicyclic) bond motifs is 2. The fraction of sp³-hybridized carbons (Fsp3) is 0.500. The van der Waals surface area contributed by atoms with Crippen molar-refractivity contribution in [2.24, 2.45) is 11.7 Å². The molecule has 6 heteroatoms. The topological polar surface area (TPSA) is 71.7 Å². The number of benzene rings is 1. The highest BCUT2D eigenvalue weighted by Crippen LogP contribution is 2.37. The Bertz CT molecular complexity index is 937. The van der Waals surface area contributed by atoms with Crippen molar-refractivity contribution in [3.63, 3.8) is 0 Å². The van der Waals surface area contributed by atoms with Gasteiger partial charge in [0.15, 0.2) is 0 Å². The molecule has 2 bridgehead atoms. The summed E-state index contributed by atoms with van der Waals surface area (Å²) in [7, 11) is 0. The maximum atomic E-state index is 12.7. The van der Waals surface area contributed by atoms with E-state index < -0.39 is 5.60 Å². The zero-order valence-electron chi connectivity index (χ0n) is 18.4. The first-order valence-electron chi connectivity index (χ1n) is 10.7. The van der Waals surface area contributed by atoms with Gasteiger partial charge in [0, 0.05) is 37.9 Å². The number of nitrogens with two attached hydrogens (primary N) is 1. The van der Waals surface area contributed by atoms with Crippen LogP contribution in [0.2, 0.25) is 0 Å². The number of aromatic nitrogens is 1. The fourth-order valence-electron chi connectivity index (χ4n) is 4.68. The van der Waals surface area contributed by atoms with Gasteiger partial charge < -0.3 is 20.3 Å². The number of likely N-dealkylation sites (tertiary alicyclic amines) is 1. The van der Waals surface area contributed by atoms with Gasteiger partial charge in [-0.15, -0.1) is 0 Å². The molecule has 2 aromatic rings. The van der Waals surface area contributed by atoms with E-state index in [-0.39, 0.29) is 12.1 Å². The van der Waals surface area contributed by atoms with Crippen LogP contribution in [-0.2, 0) is 11.3 Å². The molecule has 2 fully saturated rings. The summed E-state index contributed by atoms with van der Waals surface area (Å²) in [6.45, 7) is 10.9. The van der Waals surface area contributed by atoms with Crippen molar-refractivity contribution in [1.82, 2.24) is 9.88 Å². The number of ether oxygens (including phenoxy) is 1. The van der Waals surface area contributed by atoms with E-state index in [1.54, 1.807) is 0 Å². The summed E-state index contributed by atoms with van der Waals surface area (Å²) in [5.41, 5.74) is 11.2. The maximum absolute atomic E-state index is 12.7. The number of amides is 1. The van der Waals surface area contributed by atoms with Gasteiger partial charge in [0.25, 0.3) is 0 Å². The SMILES string of the molecule is Cc1cc(-c2ccncc2N2CC3CC(C2)N(C(=O)OC(C)(C)C)C3)ccc1CN. The molecule has 160 valence electrons. The van der Waals surface area contributed by atoms with E-state index in [1.807, 2.05) is 38.1 Å². The summed E-state index contributed by atoms with van der Waals surface area (Å²) in [5, 5.41) is 0.